The maximum atomic E-state index is 12.9. The van der Waals surface area contributed by atoms with Gasteiger partial charge in [-0.15, -0.1) is 0 Å². The molecule has 26 heavy (non-hydrogen) atoms. The Labute approximate surface area is 149 Å². The lowest BCUT2D eigenvalue weighted by molar-refractivity contribution is -0.131. The number of imide groups is 1. The van der Waals surface area contributed by atoms with E-state index in [0.29, 0.717) is 17.0 Å². The van der Waals surface area contributed by atoms with Crippen LogP contribution >= 0.6 is 0 Å². The molecule has 0 aromatic heterocycles. The van der Waals surface area contributed by atoms with Crippen LogP contribution < -0.4 is 14.4 Å². The van der Waals surface area contributed by atoms with Gasteiger partial charge in [-0.3, -0.25) is 9.59 Å². The van der Waals surface area contributed by atoms with Gasteiger partial charge in [-0.05, 0) is 35.9 Å². The highest BCUT2D eigenvalue weighted by Crippen LogP contribution is 2.39. The molecule has 7 heteroatoms. The first kappa shape index (κ1) is 17.2. The molecule has 1 heterocycles. The molecular weight excluding hydrogens is 338 g/mol. The highest BCUT2D eigenvalue weighted by molar-refractivity contribution is 6.35. The molecule has 2 amide bonds. The van der Waals surface area contributed by atoms with Crippen molar-refractivity contribution in [1.29, 1.82) is 0 Å². The molecule has 132 valence electrons. The van der Waals surface area contributed by atoms with Gasteiger partial charge >= 0.3 is 5.97 Å². The molecule has 1 aliphatic heterocycles. The minimum absolute atomic E-state index is 0.142. The Morgan fingerprint density at radius 2 is 1.85 bits per heavy atom. The van der Waals surface area contributed by atoms with Gasteiger partial charge in [-0.25, -0.2) is 9.69 Å². The van der Waals surface area contributed by atoms with E-state index in [1.807, 2.05) is 0 Å². The fourth-order valence-electron chi connectivity index (χ4n) is 2.81. The first-order chi connectivity index (χ1) is 12.5. The Morgan fingerprint density at radius 1 is 1.08 bits per heavy atom. The molecule has 2 aromatic carbocycles. The second kappa shape index (κ2) is 6.72. The van der Waals surface area contributed by atoms with Crippen molar-refractivity contribution in [3.8, 4) is 11.5 Å². The monoisotopic (exact) mass is 353 g/mol. The molecule has 0 spiro atoms. The highest BCUT2D eigenvalue weighted by atomic mass is 16.5. The number of nitrogens with zero attached hydrogens (tertiary/aromatic N) is 1. The molecule has 3 rings (SSSR count). The van der Waals surface area contributed by atoms with Crippen molar-refractivity contribution in [2.24, 2.45) is 0 Å². The van der Waals surface area contributed by atoms with Gasteiger partial charge in [-0.2, -0.15) is 0 Å². The molecule has 0 saturated carbocycles. The third kappa shape index (κ3) is 2.79. The van der Waals surface area contributed by atoms with Gasteiger partial charge < -0.3 is 14.6 Å². The third-order valence-corrected chi connectivity index (χ3v) is 3.94. The standard InChI is InChI=1S/C19H15NO6/c1-25-14-8-7-13-16(17(14)26-2)19(24)20(18(13)23)12-5-3-4-11(10-12)6-9-15(21)22/h3-10H,1-2H3,(H,21,22)/b9-6+. The van der Waals surface area contributed by atoms with E-state index >= 15 is 0 Å². The zero-order valence-corrected chi connectivity index (χ0v) is 14.1. The van der Waals surface area contributed by atoms with Crippen molar-refractivity contribution < 1.29 is 29.0 Å². The number of ether oxygens (including phenoxy) is 2. The van der Waals surface area contributed by atoms with Gasteiger partial charge in [0.1, 0.15) is 0 Å². The predicted octanol–water partition coefficient (Wildman–Crippen LogP) is 2.60. The third-order valence-electron chi connectivity index (χ3n) is 3.94. The Balaban J connectivity index is 2.06. The van der Waals surface area contributed by atoms with E-state index in [-0.39, 0.29) is 16.9 Å². The normalized spacial score (nSPS) is 13.2. The van der Waals surface area contributed by atoms with Crippen LogP contribution in [0.15, 0.2) is 42.5 Å². The van der Waals surface area contributed by atoms with E-state index in [2.05, 4.69) is 0 Å². The summed E-state index contributed by atoms with van der Waals surface area (Å²) in [5.74, 6) is -1.54. The second-order valence-electron chi connectivity index (χ2n) is 5.44. The van der Waals surface area contributed by atoms with E-state index in [1.165, 1.54) is 26.4 Å². The number of carbonyl (C=O) groups is 3. The Hall–Kier alpha value is -3.61. The number of hydrogen-bond donors (Lipinski definition) is 1. The fraction of sp³-hybridized carbons (Fsp3) is 0.105. The van der Waals surface area contributed by atoms with Crippen LogP contribution in [-0.4, -0.2) is 37.1 Å². The maximum Gasteiger partial charge on any atom is 0.328 e. The Bertz CT molecular complexity index is 947. The average Bonchev–Trinajstić information content (AvgIpc) is 2.90. The molecule has 0 unspecified atom stereocenters. The number of hydrogen-bond acceptors (Lipinski definition) is 5. The summed E-state index contributed by atoms with van der Waals surface area (Å²) in [6.45, 7) is 0. The number of fused-ring (bicyclic) bond motifs is 1. The first-order valence-corrected chi connectivity index (χ1v) is 7.62. The Morgan fingerprint density at radius 3 is 2.50 bits per heavy atom. The summed E-state index contributed by atoms with van der Waals surface area (Å²) >= 11 is 0. The van der Waals surface area contributed by atoms with Gasteiger partial charge in [0.2, 0.25) is 0 Å². The smallest absolute Gasteiger partial charge is 0.328 e. The number of methoxy groups -OCH3 is 2. The van der Waals surface area contributed by atoms with Gasteiger partial charge in [-0.1, -0.05) is 12.1 Å². The van der Waals surface area contributed by atoms with Gasteiger partial charge in [0.05, 0.1) is 31.0 Å². The van der Waals surface area contributed by atoms with Crippen molar-refractivity contribution in [2.45, 2.75) is 0 Å². The number of anilines is 1. The minimum atomic E-state index is -1.09. The van der Waals surface area contributed by atoms with Crippen LogP contribution in [-0.2, 0) is 4.79 Å². The van der Waals surface area contributed by atoms with E-state index < -0.39 is 17.8 Å². The van der Waals surface area contributed by atoms with E-state index in [1.54, 1.807) is 30.3 Å². The fourth-order valence-corrected chi connectivity index (χ4v) is 2.81. The van der Waals surface area contributed by atoms with Crippen molar-refractivity contribution in [3.05, 3.63) is 59.2 Å². The Kier molecular flexibility index (Phi) is 4.45. The van der Waals surface area contributed by atoms with Crippen molar-refractivity contribution in [3.63, 3.8) is 0 Å². The number of rotatable bonds is 5. The molecule has 0 aliphatic carbocycles. The van der Waals surface area contributed by atoms with Crippen LogP contribution in [0.3, 0.4) is 0 Å². The lowest BCUT2D eigenvalue weighted by Crippen LogP contribution is -2.29. The summed E-state index contributed by atoms with van der Waals surface area (Å²) in [4.78, 5) is 37.3. The summed E-state index contributed by atoms with van der Waals surface area (Å²) in [5.41, 5.74) is 1.25. The molecule has 0 radical (unpaired) electrons. The number of amides is 2. The van der Waals surface area contributed by atoms with E-state index in [4.69, 9.17) is 14.6 Å². The summed E-state index contributed by atoms with van der Waals surface area (Å²) < 4.78 is 10.5. The van der Waals surface area contributed by atoms with Crippen molar-refractivity contribution >= 4 is 29.5 Å². The van der Waals surface area contributed by atoms with Crippen LogP contribution in [0.5, 0.6) is 11.5 Å². The summed E-state index contributed by atoms with van der Waals surface area (Å²) in [7, 11) is 2.84. The highest BCUT2D eigenvalue weighted by Gasteiger charge is 2.40. The zero-order valence-electron chi connectivity index (χ0n) is 14.1. The number of aliphatic carboxylic acids is 1. The topological polar surface area (TPSA) is 93.1 Å². The van der Waals surface area contributed by atoms with Crippen LogP contribution in [0, 0.1) is 0 Å². The minimum Gasteiger partial charge on any atom is -0.493 e. The average molecular weight is 353 g/mol. The molecule has 2 aromatic rings. The lowest BCUT2D eigenvalue weighted by atomic mass is 10.1. The molecule has 0 bridgehead atoms. The predicted molar refractivity (Wildman–Crippen MR) is 93.8 cm³/mol. The molecule has 1 N–H and O–H groups in total. The summed E-state index contributed by atoms with van der Waals surface area (Å²) in [6, 6.07) is 9.56. The maximum absolute atomic E-state index is 12.9. The van der Waals surface area contributed by atoms with Crippen molar-refractivity contribution in [2.75, 3.05) is 19.1 Å². The number of carboxylic acid groups (broad SMARTS) is 1. The quantitative estimate of drug-likeness (QED) is 0.656. The molecular formula is C19H15NO6. The number of carboxylic acids is 1. The molecule has 1 aliphatic rings. The van der Waals surface area contributed by atoms with Crippen LogP contribution in [0.2, 0.25) is 0 Å². The largest absolute Gasteiger partial charge is 0.493 e. The number of carbonyl (C=O) groups excluding carboxylic acids is 2. The molecule has 0 fully saturated rings. The van der Waals surface area contributed by atoms with Crippen LogP contribution in [0.4, 0.5) is 5.69 Å². The molecule has 0 atom stereocenters. The van der Waals surface area contributed by atoms with E-state index in [9.17, 15) is 14.4 Å². The van der Waals surface area contributed by atoms with Crippen molar-refractivity contribution in [1.82, 2.24) is 0 Å². The lowest BCUT2D eigenvalue weighted by Gasteiger charge is -2.14. The second-order valence-corrected chi connectivity index (χ2v) is 5.44. The number of benzene rings is 2. The van der Waals surface area contributed by atoms with Crippen LogP contribution in [0.1, 0.15) is 26.3 Å². The van der Waals surface area contributed by atoms with Gasteiger partial charge in [0, 0.05) is 6.08 Å². The molecule has 0 saturated heterocycles. The zero-order chi connectivity index (χ0) is 18.8. The summed E-state index contributed by atoms with van der Waals surface area (Å²) in [5, 5.41) is 8.73. The summed E-state index contributed by atoms with van der Waals surface area (Å²) in [6.07, 6.45) is 2.36. The van der Waals surface area contributed by atoms with Gasteiger partial charge in [0.25, 0.3) is 11.8 Å². The molecule has 7 nitrogen and oxygen atoms in total. The van der Waals surface area contributed by atoms with Gasteiger partial charge in [0.15, 0.2) is 11.5 Å². The first-order valence-electron chi connectivity index (χ1n) is 7.62. The SMILES string of the molecule is COc1ccc2c(c1OC)C(=O)N(c1cccc(/C=C/C(=O)O)c1)C2=O. The van der Waals surface area contributed by atoms with E-state index in [0.717, 1.165) is 11.0 Å². The van der Waals surface area contributed by atoms with Crippen LogP contribution in [0.25, 0.3) is 6.08 Å².